The van der Waals surface area contributed by atoms with Gasteiger partial charge in [0.25, 0.3) is 0 Å². The van der Waals surface area contributed by atoms with Crippen molar-refractivity contribution in [1.29, 1.82) is 0 Å². The van der Waals surface area contributed by atoms with Gasteiger partial charge in [0.1, 0.15) is 0 Å². The molecule has 0 spiro atoms. The number of hydrogen-bond acceptors (Lipinski definition) is 3. The van der Waals surface area contributed by atoms with Crippen molar-refractivity contribution < 1.29 is 4.79 Å². The van der Waals surface area contributed by atoms with Crippen LogP contribution < -0.4 is 10.2 Å². The Hall–Kier alpha value is -1.81. The van der Waals surface area contributed by atoms with E-state index in [1.54, 1.807) is 11.3 Å². The highest BCUT2D eigenvalue weighted by Gasteiger charge is 2.22. The molecular weight excluding hydrogens is 280 g/mol. The smallest absolute Gasteiger partial charge is 0.225 e. The second-order valence-corrected chi connectivity index (χ2v) is 6.51. The summed E-state index contributed by atoms with van der Waals surface area (Å²) in [5, 5.41) is 5.06. The minimum Gasteiger partial charge on any atom is -0.366 e. The van der Waals surface area contributed by atoms with Crippen LogP contribution >= 0.6 is 11.3 Å². The Bertz CT molecular complexity index is 609. The number of carbonyl (C=O) groups is 1. The molecule has 1 aliphatic heterocycles. The van der Waals surface area contributed by atoms with E-state index in [-0.39, 0.29) is 5.91 Å². The molecule has 1 aliphatic rings. The summed E-state index contributed by atoms with van der Waals surface area (Å²) < 4.78 is 0. The van der Waals surface area contributed by atoms with Crippen molar-refractivity contribution in [2.45, 2.75) is 25.8 Å². The number of benzene rings is 1. The highest BCUT2D eigenvalue weighted by molar-refractivity contribution is 7.10. The highest BCUT2D eigenvalue weighted by atomic mass is 32.1. The summed E-state index contributed by atoms with van der Waals surface area (Å²) in [6.45, 7) is 3.91. The van der Waals surface area contributed by atoms with Crippen molar-refractivity contribution in [3.05, 3.63) is 52.2 Å². The van der Waals surface area contributed by atoms with Crippen LogP contribution in [0, 0.1) is 0 Å². The van der Waals surface area contributed by atoms with Crippen LogP contribution in [0.2, 0.25) is 0 Å². The molecule has 3 nitrogen and oxygen atoms in total. The molecular formula is C17H20N2OS. The summed E-state index contributed by atoms with van der Waals surface area (Å²) in [4.78, 5) is 15.5. The van der Waals surface area contributed by atoms with Crippen molar-refractivity contribution >= 4 is 22.9 Å². The first-order valence-electron chi connectivity index (χ1n) is 7.37. The van der Waals surface area contributed by atoms with E-state index in [1.165, 1.54) is 11.3 Å². The van der Waals surface area contributed by atoms with E-state index < -0.39 is 0 Å². The van der Waals surface area contributed by atoms with Crippen molar-refractivity contribution in [2.75, 3.05) is 18.0 Å². The SMILES string of the molecule is C[C@@H](CNC(=O)Cc1cccs1)N1CCc2ccccc21. The predicted octanol–water partition coefficient (Wildman–Crippen LogP) is 2.86. The summed E-state index contributed by atoms with van der Waals surface area (Å²) in [5.74, 6) is 0.108. The third kappa shape index (κ3) is 3.27. The average Bonchev–Trinajstić information content (AvgIpc) is 3.13. The summed E-state index contributed by atoms with van der Waals surface area (Å²) >= 11 is 1.63. The van der Waals surface area contributed by atoms with E-state index in [0.717, 1.165) is 17.8 Å². The molecule has 2 aromatic rings. The summed E-state index contributed by atoms with van der Waals surface area (Å²) in [7, 11) is 0. The lowest BCUT2D eigenvalue weighted by Gasteiger charge is -2.27. The number of hydrogen-bond donors (Lipinski definition) is 1. The first kappa shape index (κ1) is 14.1. The van der Waals surface area contributed by atoms with E-state index in [1.807, 2.05) is 17.5 Å². The molecule has 1 N–H and O–H groups in total. The van der Waals surface area contributed by atoms with Gasteiger partial charge in [0, 0.05) is 29.7 Å². The van der Waals surface area contributed by atoms with E-state index in [2.05, 4.69) is 41.4 Å². The third-order valence-corrected chi connectivity index (χ3v) is 4.84. The first-order valence-corrected chi connectivity index (χ1v) is 8.25. The quantitative estimate of drug-likeness (QED) is 0.921. The molecule has 0 fully saturated rings. The fourth-order valence-corrected chi connectivity index (χ4v) is 3.53. The van der Waals surface area contributed by atoms with Gasteiger partial charge in [-0.25, -0.2) is 0 Å². The minimum atomic E-state index is 0.108. The maximum Gasteiger partial charge on any atom is 0.225 e. The normalized spacial score (nSPS) is 14.8. The van der Waals surface area contributed by atoms with Gasteiger partial charge in [0.05, 0.1) is 6.42 Å². The van der Waals surface area contributed by atoms with Gasteiger partial charge in [-0.15, -0.1) is 11.3 Å². The molecule has 3 rings (SSSR count). The number of fused-ring (bicyclic) bond motifs is 1. The van der Waals surface area contributed by atoms with Crippen LogP contribution in [0.3, 0.4) is 0 Å². The number of anilines is 1. The number of nitrogens with zero attached hydrogens (tertiary/aromatic N) is 1. The molecule has 0 aliphatic carbocycles. The molecule has 0 bridgehead atoms. The lowest BCUT2D eigenvalue weighted by atomic mass is 10.2. The maximum atomic E-state index is 12.0. The Morgan fingerprint density at radius 3 is 3.00 bits per heavy atom. The predicted molar refractivity (Wildman–Crippen MR) is 88.0 cm³/mol. The van der Waals surface area contributed by atoms with Gasteiger partial charge >= 0.3 is 0 Å². The zero-order chi connectivity index (χ0) is 14.7. The molecule has 0 saturated carbocycles. The van der Waals surface area contributed by atoms with Crippen LogP contribution in [0.15, 0.2) is 41.8 Å². The maximum absolute atomic E-state index is 12.0. The molecule has 2 heterocycles. The minimum absolute atomic E-state index is 0.108. The van der Waals surface area contributed by atoms with E-state index >= 15 is 0 Å². The third-order valence-electron chi connectivity index (χ3n) is 3.96. The van der Waals surface area contributed by atoms with Gasteiger partial charge in [-0.3, -0.25) is 4.79 Å². The van der Waals surface area contributed by atoms with Crippen LogP contribution in [0.5, 0.6) is 0 Å². The van der Waals surface area contributed by atoms with Crippen molar-refractivity contribution in [3.63, 3.8) is 0 Å². The van der Waals surface area contributed by atoms with Crippen molar-refractivity contribution in [3.8, 4) is 0 Å². The van der Waals surface area contributed by atoms with Gasteiger partial charge in [0.2, 0.25) is 5.91 Å². The van der Waals surface area contributed by atoms with Crippen LogP contribution in [-0.4, -0.2) is 25.0 Å². The van der Waals surface area contributed by atoms with E-state index in [9.17, 15) is 4.79 Å². The highest BCUT2D eigenvalue weighted by Crippen LogP contribution is 2.28. The number of carbonyl (C=O) groups excluding carboxylic acids is 1. The average molecular weight is 300 g/mol. The fourth-order valence-electron chi connectivity index (χ4n) is 2.83. The fraction of sp³-hybridized carbons (Fsp3) is 0.353. The lowest BCUT2D eigenvalue weighted by Crippen LogP contribution is -2.41. The summed E-state index contributed by atoms with van der Waals surface area (Å²) in [6, 6.07) is 12.8. The van der Waals surface area contributed by atoms with Gasteiger partial charge in [-0.05, 0) is 36.4 Å². The van der Waals surface area contributed by atoms with Crippen molar-refractivity contribution in [1.82, 2.24) is 5.32 Å². The van der Waals surface area contributed by atoms with Crippen LogP contribution in [0.25, 0.3) is 0 Å². The molecule has 0 radical (unpaired) electrons. The van der Waals surface area contributed by atoms with Gasteiger partial charge in [-0.2, -0.15) is 0 Å². The van der Waals surface area contributed by atoms with Gasteiger partial charge in [-0.1, -0.05) is 24.3 Å². The van der Waals surface area contributed by atoms with Crippen LogP contribution in [0.1, 0.15) is 17.4 Å². The van der Waals surface area contributed by atoms with Crippen molar-refractivity contribution in [2.24, 2.45) is 0 Å². The topological polar surface area (TPSA) is 32.3 Å². The Kier molecular flexibility index (Phi) is 4.25. The molecule has 1 aromatic heterocycles. The Morgan fingerprint density at radius 2 is 2.19 bits per heavy atom. The lowest BCUT2D eigenvalue weighted by molar-refractivity contribution is -0.120. The zero-order valence-electron chi connectivity index (χ0n) is 12.2. The van der Waals surface area contributed by atoms with E-state index in [0.29, 0.717) is 19.0 Å². The molecule has 0 saturated heterocycles. The standard InChI is InChI=1S/C17H20N2OS/c1-13(12-18-17(20)11-15-6-4-10-21-15)19-9-8-14-5-2-3-7-16(14)19/h2-7,10,13H,8-9,11-12H2,1H3,(H,18,20)/t13-/m0/s1. The van der Waals surface area contributed by atoms with Crippen LogP contribution in [-0.2, 0) is 17.6 Å². The zero-order valence-corrected chi connectivity index (χ0v) is 13.0. The van der Waals surface area contributed by atoms with Gasteiger partial charge in [0.15, 0.2) is 0 Å². The van der Waals surface area contributed by atoms with Gasteiger partial charge < -0.3 is 10.2 Å². The Morgan fingerprint density at radius 1 is 1.33 bits per heavy atom. The molecule has 1 amide bonds. The molecule has 1 atom stereocenters. The number of thiophene rings is 1. The summed E-state index contributed by atoms with van der Waals surface area (Å²) in [6.07, 6.45) is 1.59. The summed E-state index contributed by atoms with van der Waals surface area (Å²) in [5.41, 5.74) is 2.73. The second-order valence-electron chi connectivity index (χ2n) is 5.48. The number of nitrogens with one attached hydrogen (secondary N) is 1. The first-order chi connectivity index (χ1) is 10.2. The Labute approximate surface area is 129 Å². The molecule has 110 valence electrons. The molecule has 21 heavy (non-hydrogen) atoms. The second kappa shape index (κ2) is 6.31. The number of para-hydroxylation sites is 1. The largest absolute Gasteiger partial charge is 0.366 e. The molecule has 0 unspecified atom stereocenters. The molecule has 4 heteroatoms. The number of amides is 1. The van der Waals surface area contributed by atoms with Crippen LogP contribution in [0.4, 0.5) is 5.69 Å². The Balaban J connectivity index is 1.53. The molecule has 1 aromatic carbocycles. The van der Waals surface area contributed by atoms with E-state index in [4.69, 9.17) is 0 Å². The number of rotatable bonds is 5. The monoisotopic (exact) mass is 300 g/mol.